The summed E-state index contributed by atoms with van der Waals surface area (Å²) in [5.74, 6) is -0.793. The van der Waals surface area contributed by atoms with Gasteiger partial charge in [-0.1, -0.05) is 84.9 Å². The number of nitrogens with zero attached hydrogens (tertiary/aromatic N) is 4. The third-order valence-corrected chi connectivity index (χ3v) is 8.43. The van der Waals surface area contributed by atoms with E-state index in [1.807, 2.05) is 98.8 Å². The molecule has 0 saturated carbocycles. The van der Waals surface area contributed by atoms with Crippen molar-refractivity contribution >= 4 is 28.5 Å². The standard InChI is InChI=1S/C39H47N5O3/c1-39(2,40)23-13-19-36(45)43(4)35(28-30-20-21-31-16-9-10-17-32(31)26-30)38(47)44(5)34(27-29-14-7-6-8-15-29)37(46)42(3)25-22-33-18-11-12-24-41-33/h6-21,24,26,34-35H,22-23,25,27-28,40H2,1-5H3/b19-13+/t34?,35-/m1/s1. The Morgan fingerprint density at radius 3 is 2.09 bits per heavy atom. The molecule has 3 aromatic carbocycles. The highest BCUT2D eigenvalue weighted by molar-refractivity contribution is 5.95. The number of hydrogen-bond acceptors (Lipinski definition) is 5. The summed E-state index contributed by atoms with van der Waals surface area (Å²) >= 11 is 0. The molecular weight excluding hydrogens is 586 g/mol. The highest BCUT2D eigenvalue weighted by Gasteiger charge is 2.36. The van der Waals surface area contributed by atoms with Crippen molar-refractivity contribution in [3.63, 3.8) is 0 Å². The van der Waals surface area contributed by atoms with Gasteiger partial charge in [0.25, 0.3) is 0 Å². The molecule has 0 aliphatic carbocycles. The van der Waals surface area contributed by atoms with Crippen LogP contribution in [0.3, 0.4) is 0 Å². The minimum absolute atomic E-state index is 0.177. The molecule has 3 amide bonds. The molecule has 0 aliphatic rings. The average Bonchev–Trinajstić information content (AvgIpc) is 3.07. The van der Waals surface area contributed by atoms with Crippen molar-refractivity contribution in [1.29, 1.82) is 0 Å². The first-order valence-electron chi connectivity index (χ1n) is 16.1. The molecule has 0 aliphatic heterocycles. The van der Waals surface area contributed by atoms with Gasteiger partial charge in [-0.05, 0) is 60.4 Å². The number of amides is 3. The highest BCUT2D eigenvalue weighted by atomic mass is 16.2. The summed E-state index contributed by atoms with van der Waals surface area (Å²) in [5.41, 5.74) is 8.39. The monoisotopic (exact) mass is 633 g/mol. The van der Waals surface area contributed by atoms with Gasteiger partial charge in [0.05, 0.1) is 0 Å². The quantitative estimate of drug-likeness (QED) is 0.196. The normalized spacial score (nSPS) is 12.9. The van der Waals surface area contributed by atoms with Gasteiger partial charge in [-0.3, -0.25) is 19.4 Å². The Labute approximate surface area is 278 Å². The van der Waals surface area contributed by atoms with Crippen LogP contribution < -0.4 is 5.73 Å². The van der Waals surface area contributed by atoms with Gasteiger partial charge in [0.1, 0.15) is 12.1 Å². The summed E-state index contributed by atoms with van der Waals surface area (Å²) < 4.78 is 0. The number of carbonyl (C=O) groups excluding carboxylic acids is 3. The lowest BCUT2D eigenvalue weighted by Crippen LogP contribution is -2.56. The zero-order chi connectivity index (χ0) is 34.0. The van der Waals surface area contributed by atoms with Gasteiger partial charge in [-0.2, -0.15) is 0 Å². The second-order valence-electron chi connectivity index (χ2n) is 12.9. The molecule has 0 fully saturated rings. The SMILES string of the molecule is CN(CCc1ccccn1)C(=O)C(Cc1ccccc1)N(C)C(=O)[C@@H](Cc1ccc2ccccc2c1)N(C)C(=O)/C=C/CC(C)(C)N. The maximum atomic E-state index is 14.5. The van der Waals surface area contributed by atoms with E-state index >= 15 is 0 Å². The first-order valence-corrected chi connectivity index (χ1v) is 16.1. The molecule has 246 valence electrons. The van der Waals surface area contributed by atoms with Crippen molar-refractivity contribution < 1.29 is 14.4 Å². The van der Waals surface area contributed by atoms with Crippen LogP contribution in [0.5, 0.6) is 0 Å². The lowest BCUT2D eigenvalue weighted by molar-refractivity contribution is -0.148. The Kier molecular flexibility index (Phi) is 12.0. The van der Waals surface area contributed by atoms with E-state index in [0.29, 0.717) is 25.8 Å². The third-order valence-electron chi connectivity index (χ3n) is 8.43. The first-order chi connectivity index (χ1) is 22.4. The fourth-order valence-corrected chi connectivity index (χ4v) is 5.52. The van der Waals surface area contributed by atoms with Gasteiger partial charge in [-0.25, -0.2) is 0 Å². The predicted molar refractivity (Wildman–Crippen MR) is 189 cm³/mol. The van der Waals surface area contributed by atoms with Crippen LogP contribution in [0.1, 0.15) is 37.1 Å². The molecule has 2 N–H and O–H groups in total. The molecule has 47 heavy (non-hydrogen) atoms. The smallest absolute Gasteiger partial charge is 0.246 e. The Bertz CT molecular complexity index is 1670. The van der Waals surface area contributed by atoms with Crippen LogP contribution in [0.4, 0.5) is 0 Å². The fraction of sp³-hybridized carbons (Fsp3) is 0.333. The number of nitrogens with two attached hydrogens (primary N) is 1. The van der Waals surface area contributed by atoms with Crippen molar-refractivity contribution in [2.75, 3.05) is 27.7 Å². The van der Waals surface area contributed by atoms with Crippen molar-refractivity contribution in [3.05, 3.63) is 126 Å². The number of hydrogen-bond donors (Lipinski definition) is 1. The molecule has 0 spiro atoms. The number of benzene rings is 3. The molecule has 8 heteroatoms. The summed E-state index contributed by atoms with van der Waals surface area (Å²) in [4.78, 5) is 51.1. The Morgan fingerprint density at radius 2 is 1.40 bits per heavy atom. The molecule has 0 bridgehead atoms. The molecule has 8 nitrogen and oxygen atoms in total. The number of aromatic nitrogens is 1. The summed E-state index contributed by atoms with van der Waals surface area (Å²) in [6.07, 6.45) is 6.68. The molecule has 0 saturated heterocycles. The minimum atomic E-state index is -0.853. The van der Waals surface area contributed by atoms with Crippen molar-refractivity contribution in [2.24, 2.45) is 5.73 Å². The van der Waals surface area contributed by atoms with Crippen LogP contribution in [-0.2, 0) is 33.6 Å². The number of likely N-dealkylation sites (N-methyl/N-ethyl adjacent to an activating group) is 3. The van der Waals surface area contributed by atoms with E-state index in [1.165, 1.54) is 15.9 Å². The van der Waals surface area contributed by atoms with E-state index in [-0.39, 0.29) is 24.1 Å². The average molecular weight is 634 g/mol. The lowest BCUT2D eigenvalue weighted by Gasteiger charge is -2.36. The molecule has 1 aromatic heterocycles. The van der Waals surface area contributed by atoms with Crippen LogP contribution in [0.15, 0.2) is 109 Å². The van der Waals surface area contributed by atoms with E-state index in [1.54, 1.807) is 38.3 Å². The summed E-state index contributed by atoms with van der Waals surface area (Å²) in [6.45, 7) is 4.23. The zero-order valence-electron chi connectivity index (χ0n) is 28.2. The van der Waals surface area contributed by atoms with Gasteiger partial charge < -0.3 is 20.4 Å². The second-order valence-corrected chi connectivity index (χ2v) is 12.9. The number of rotatable bonds is 14. The minimum Gasteiger partial charge on any atom is -0.344 e. The van der Waals surface area contributed by atoms with Gasteiger partial charge >= 0.3 is 0 Å². The van der Waals surface area contributed by atoms with E-state index in [0.717, 1.165) is 27.6 Å². The Morgan fingerprint density at radius 1 is 0.766 bits per heavy atom. The zero-order valence-corrected chi connectivity index (χ0v) is 28.2. The van der Waals surface area contributed by atoms with Crippen LogP contribution in [-0.4, -0.2) is 82.7 Å². The highest BCUT2D eigenvalue weighted by Crippen LogP contribution is 2.21. The Balaban J connectivity index is 1.64. The maximum absolute atomic E-state index is 14.5. The van der Waals surface area contributed by atoms with Gasteiger partial charge in [-0.15, -0.1) is 0 Å². The number of pyridine rings is 1. The third kappa shape index (κ3) is 10.1. The van der Waals surface area contributed by atoms with E-state index in [2.05, 4.69) is 11.1 Å². The predicted octanol–water partition coefficient (Wildman–Crippen LogP) is 5.06. The van der Waals surface area contributed by atoms with E-state index < -0.39 is 17.6 Å². The summed E-state index contributed by atoms with van der Waals surface area (Å²) in [6, 6.07) is 27.9. The summed E-state index contributed by atoms with van der Waals surface area (Å²) in [5, 5.41) is 2.14. The Hall–Kier alpha value is -4.82. The van der Waals surface area contributed by atoms with Crippen LogP contribution in [0, 0.1) is 0 Å². The molecule has 1 heterocycles. The molecule has 1 unspecified atom stereocenters. The summed E-state index contributed by atoms with van der Waals surface area (Å²) in [7, 11) is 5.07. The fourth-order valence-electron chi connectivity index (χ4n) is 5.52. The van der Waals surface area contributed by atoms with Crippen molar-refractivity contribution in [1.82, 2.24) is 19.7 Å². The van der Waals surface area contributed by atoms with Crippen LogP contribution in [0.25, 0.3) is 10.8 Å². The van der Waals surface area contributed by atoms with Crippen LogP contribution >= 0.6 is 0 Å². The van der Waals surface area contributed by atoms with E-state index in [4.69, 9.17) is 5.73 Å². The van der Waals surface area contributed by atoms with Gasteiger partial charge in [0.15, 0.2) is 0 Å². The molecule has 4 rings (SSSR count). The molecule has 2 atom stereocenters. The van der Waals surface area contributed by atoms with Gasteiger partial charge in [0, 0.05) is 64.4 Å². The van der Waals surface area contributed by atoms with Crippen molar-refractivity contribution in [2.45, 2.75) is 57.2 Å². The number of carbonyl (C=O) groups is 3. The van der Waals surface area contributed by atoms with E-state index in [9.17, 15) is 14.4 Å². The topological polar surface area (TPSA) is 99.8 Å². The van der Waals surface area contributed by atoms with Gasteiger partial charge in [0.2, 0.25) is 17.7 Å². The molecule has 4 aromatic rings. The molecule has 0 radical (unpaired) electrons. The van der Waals surface area contributed by atoms with Crippen molar-refractivity contribution in [3.8, 4) is 0 Å². The second kappa shape index (κ2) is 16.1. The lowest BCUT2D eigenvalue weighted by atomic mass is 9.98. The number of fused-ring (bicyclic) bond motifs is 1. The first kappa shape index (κ1) is 35.0. The van der Waals surface area contributed by atoms with Crippen LogP contribution in [0.2, 0.25) is 0 Å². The molecular formula is C39H47N5O3. The maximum Gasteiger partial charge on any atom is 0.246 e. The largest absolute Gasteiger partial charge is 0.344 e.